The molecule has 0 saturated carbocycles. The van der Waals surface area contributed by atoms with Crippen LogP contribution in [0.2, 0.25) is 0 Å². The number of para-hydroxylation sites is 1. The van der Waals surface area contributed by atoms with Gasteiger partial charge in [0.2, 0.25) is 0 Å². The average molecular weight is 389 g/mol. The Hall–Kier alpha value is -3.27. The van der Waals surface area contributed by atoms with Gasteiger partial charge < -0.3 is 14.8 Å². The number of rotatable bonds is 10. The monoisotopic (exact) mass is 389 g/mol. The molecule has 0 unspecified atom stereocenters. The highest BCUT2D eigenvalue weighted by atomic mass is 16.5. The van der Waals surface area contributed by atoms with E-state index in [0.717, 1.165) is 24.8 Å². The number of hydrogen-bond acceptors (Lipinski definition) is 3. The maximum atomic E-state index is 12.8. The molecule has 0 radical (unpaired) electrons. The van der Waals surface area contributed by atoms with E-state index in [1.54, 1.807) is 6.07 Å². The Balaban J connectivity index is 1.62. The number of benzene rings is 3. The number of hydrogen-bond donors (Lipinski definition) is 1. The molecule has 0 spiro atoms. The van der Waals surface area contributed by atoms with Crippen LogP contribution >= 0.6 is 0 Å². The molecule has 4 nitrogen and oxygen atoms in total. The van der Waals surface area contributed by atoms with Crippen LogP contribution in [0, 0.1) is 0 Å². The fourth-order valence-corrected chi connectivity index (χ4v) is 2.92. The molecule has 3 aromatic rings. The van der Waals surface area contributed by atoms with Gasteiger partial charge in [0.15, 0.2) is 0 Å². The first-order valence-electron chi connectivity index (χ1n) is 10.1. The predicted octanol–water partition coefficient (Wildman–Crippen LogP) is 6.09. The molecule has 0 aliphatic rings. The molecule has 3 aromatic carbocycles. The first-order chi connectivity index (χ1) is 14.3. The minimum Gasteiger partial charge on any atom is -0.493 e. The summed E-state index contributed by atoms with van der Waals surface area (Å²) in [5.74, 6) is 1.12. The van der Waals surface area contributed by atoms with Gasteiger partial charge in [-0.2, -0.15) is 0 Å². The number of unbranched alkanes of at least 4 members (excludes halogenated alkanes) is 2. The average Bonchev–Trinajstić information content (AvgIpc) is 2.76. The Morgan fingerprint density at radius 1 is 0.862 bits per heavy atom. The Morgan fingerprint density at radius 2 is 1.66 bits per heavy atom. The van der Waals surface area contributed by atoms with Gasteiger partial charge >= 0.3 is 0 Å². The molecule has 0 aliphatic carbocycles. The van der Waals surface area contributed by atoms with E-state index in [1.165, 1.54) is 0 Å². The van der Waals surface area contributed by atoms with Crippen LogP contribution in [-0.2, 0) is 6.61 Å². The van der Waals surface area contributed by atoms with Crippen molar-refractivity contribution in [3.05, 3.63) is 90.0 Å². The van der Waals surface area contributed by atoms with Crippen LogP contribution in [-0.4, -0.2) is 12.5 Å². The van der Waals surface area contributed by atoms with Crippen LogP contribution < -0.4 is 14.8 Å². The first-order valence-corrected chi connectivity index (χ1v) is 10.1. The second kappa shape index (κ2) is 10.9. The standard InChI is InChI=1S/C25H27NO3/c1-2-3-9-17-28-24-16-8-7-15-23(24)25(27)26-21-13-10-14-22(18-21)29-19-20-11-5-4-6-12-20/h4-8,10-16,18H,2-3,9,17,19H2,1H3,(H,26,27). The number of anilines is 1. The zero-order valence-electron chi connectivity index (χ0n) is 16.8. The number of ether oxygens (including phenoxy) is 2. The van der Waals surface area contributed by atoms with E-state index in [2.05, 4.69) is 12.2 Å². The van der Waals surface area contributed by atoms with Crippen molar-refractivity contribution in [3.8, 4) is 11.5 Å². The summed E-state index contributed by atoms with van der Waals surface area (Å²) in [6.07, 6.45) is 3.23. The molecular weight excluding hydrogens is 362 g/mol. The topological polar surface area (TPSA) is 47.6 Å². The molecule has 0 fully saturated rings. The van der Waals surface area contributed by atoms with Gasteiger partial charge in [-0.3, -0.25) is 4.79 Å². The number of amides is 1. The first kappa shape index (κ1) is 20.5. The molecule has 1 amide bonds. The Bertz CT molecular complexity index is 909. The lowest BCUT2D eigenvalue weighted by Crippen LogP contribution is -2.14. The lowest BCUT2D eigenvalue weighted by atomic mass is 10.1. The van der Waals surface area contributed by atoms with Crippen molar-refractivity contribution in [1.82, 2.24) is 0 Å². The van der Waals surface area contributed by atoms with Gasteiger partial charge in [-0.25, -0.2) is 0 Å². The fraction of sp³-hybridized carbons (Fsp3) is 0.240. The minimum atomic E-state index is -0.198. The van der Waals surface area contributed by atoms with Crippen molar-refractivity contribution < 1.29 is 14.3 Å². The molecule has 0 heterocycles. The van der Waals surface area contributed by atoms with Gasteiger partial charge in [0.05, 0.1) is 12.2 Å². The lowest BCUT2D eigenvalue weighted by molar-refractivity contribution is 0.102. The predicted molar refractivity (Wildman–Crippen MR) is 117 cm³/mol. The van der Waals surface area contributed by atoms with Crippen LogP contribution in [0.5, 0.6) is 11.5 Å². The van der Waals surface area contributed by atoms with E-state index in [4.69, 9.17) is 9.47 Å². The maximum absolute atomic E-state index is 12.8. The molecule has 29 heavy (non-hydrogen) atoms. The molecule has 150 valence electrons. The van der Waals surface area contributed by atoms with E-state index < -0.39 is 0 Å². The summed E-state index contributed by atoms with van der Waals surface area (Å²) in [7, 11) is 0. The van der Waals surface area contributed by atoms with E-state index in [1.807, 2.05) is 72.8 Å². The number of carbonyl (C=O) groups excluding carboxylic acids is 1. The zero-order chi connectivity index (χ0) is 20.3. The normalized spacial score (nSPS) is 10.4. The number of nitrogens with one attached hydrogen (secondary N) is 1. The van der Waals surface area contributed by atoms with E-state index >= 15 is 0 Å². The molecule has 0 aromatic heterocycles. The Morgan fingerprint density at radius 3 is 2.48 bits per heavy atom. The summed E-state index contributed by atoms with van der Waals surface area (Å²) < 4.78 is 11.7. The summed E-state index contributed by atoms with van der Waals surface area (Å²) >= 11 is 0. The highest BCUT2D eigenvalue weighted by molar-refractivity contribution is 6.06. The third kappa shape index (κ3) is 6.39. The van der Waals surface area contributed by atoms with Crippen LogP contribution in [0.3, 0.4) is 0 Å². The summed E-state index contributed by atoms with van der Waals surface area (Å²) in [5, 5.41) is 2.94. The van der Waals surface area contributed by atoms with Crippen LogP contribution in [0.15, 0.2) is 78.9 Å². The van der Waals surface area contributed by atoms with Gasteiger partial charge in [-0.05, 0) is 36.2 Å². The summed E-state index contributed by atoms with van der Waals surface area (Å²) in [4.78, 5) is 12.8. The lowest BCUT2D eigenvalue weighted by Gasteiger charge is -2.12. The molecule has 1 N–H and O–H groups in total. The SMILES string of the molecule is CCCCCOc1ccccc1C(=O)Nc1cccc(OCc2ccccc2)c1. The Labute approximate surface area is 172 Å². The highest BCUT2D eigenvalue weighted by Crippen LogP contribution is 2.23. The molecule has 0 saturated heterocycles. The molecule has 3 rings (SSSR count). The molecule has 4 heteroatoms. The zero-order valence-corrected chi connectivity index (χ0v) is 16.8. The van der Waals surface area contributed by atoms with Crippen molar-refractivity contribution >= 4 is 11.6 Å². The van der Waals surface area contributed by atoms with Crippen LogP contribution in [0.1, 0.15) is 42.1 Å². The van der Waals surface area contributed by atoms with Crippen molar-refractivity contribution in [2.45, 2.75) is 32.8 Å². The van der Waals surface area contributed by atoms with E-state index in [0.29, 0.717) is 36.0 Å². The number of carbonyl (C=O) groups is 1. The second-order valence-corrected chi connectivity index (χ2v) is 6.81. The van der Waals surface area contributed by atoms with Crippen molar-refractivity contribution in [3.63, 3.8) is 0 Å². The van der Waals surface area contributed by atoms with Crippen LogP contribution in [0.25, 0.3) is 0 Å². The summed E-state index contributed by atoms with van der Waals surface area (Å²) in [6, 6.07) is 24.7. The largest absolute Gasteiger partial charge is 0.493 e. The fourth-order valence-electron chi connectivity index (χ4n) is 2.92. The molecule has 0 aliphatic heterocycles. The van der Waals surface area contributed by atoms with Gasteiger partial charge in [-0.1, -0.05) is 68.3 Å². The molecular formula is C25H27NO3. The summed E-state index contributed by atoms with van der Waals surface area (Å²) in [5.41, 5.74) is 2.30. The maximum Gasteiger partial charge on any atom is 0.259 e. The van der Waals surface area contributed by atoms with Gasteiger partial charge in [0, 0.05) is 11.8 Å². The van der Waals surface area contributed by atoms with Gasteiger partial charge in [0.25, 0.3) is 5.91 Å². The van der Waals surface area contributed by atoms with Gasteiger partial charge in [-0.15, -0.1) is 0 Å². The highest BCUT2D eigenvalue weighted by Gasteiger charge is 2.12. The van der Waals surface area contributed by atoms with Crippen molar-refractivity contribution in [2.75, 3.05) is 11.9 Å². The quantitative estimate of drug-likeness (QED) is 0.427. The van der Waals surface area contributed by atoms with E-state index in [-0.39, 0.29) is 5.91 Å². The van der Waals surface area contributed by atoms with E-state index in [9.17, 15) is 4.79 Å². The van der Waals surface area contributed by atoms with Gasteiger partial charge in [0.1, 0.15) is 18.1 Å². The smallest absolute Gasteiger partial charge is 0.259 e. The third-order valence-corrected chi connectivity index (χ3v) is 4.48. The minimum absolute atomic E-state index is 0.198. The summed E-state index contributed by atoms with van der Waals surface area (Å²) in [6.45, 7) is 3.24. The Kier molecular flexibility index (Phi) is 7.70. The van der Waals surface area contributed by atoms with Crippen molar-refractivity contribution in [2.24, 2.45) is 0 Å². The van der Waals surface area contributed by atoms with Crippen molar-refractivity contribution in [1.29, 1.82) is 0 Å². The van der Waals surface area contributed by atoms with Crippen LogP contribution in [0.4, 0.5) is 5.69 Å². The third-order valence-electron chi connectivity index (χ3n) is 4.48. The molecule has 0 bridgehead atoms. The second-order valence-electron chi connectivity index (χ2n) is 6.81. The molecule has 0 atom stereocenters.